The Bertz CT molecular complexity index is 900. The highest BCUT2D eigenvalue weighted by molar-refractivity contribution is 9.10. The Kier molecular flexibility index (Phi) is 5.35. The molecule has 6 heteroatoms. The van der Waals surface area contributed by atoms with Crippen LogP contribution in [0, 0.1) is 13.8 Å². The molecule has 0 amide bonds. The first-order chi connectivity index (χ1) is 12.0. The second-order valence-electron chi connectivity index (χ2n) is 5.74. The molecule has 130 valence electrons. The van der Waals surface area contributed by atoms with E-state index >= 15 is 0 Å². The molecule has 2 aromatic heterocycles. The maximum Gasteiger partial charge on any atom is 0.202 e. The minimum Gasteiger partial charge on any atom is -0.484 e. The van der Waals surface area contributed by atoms with Crippen molar-refractivity contribution in [2.45, 2.75) is 20.4 Å². The fraction of sp³-hybridized carbons (Fsp3) is 0.211. The molecule has 3 aromatic rings. The van der Waals surface area contributed by atoms with Gasteiger partial charge in [-0.1, -0.05) is 11.6 Å². The number of halogens is 2. The van der Waals surface area contributed by atoms with Crippen molar-refractivity contribution < 1.29 is 13.9 Å². The van der Waals surface area contributed by atoms with Gasteiger partial charge in [0.25, 0.3) is 0 Å². The maximum absolute atomic E-state index is 12.6. The summed E-state index contributed by atoms with van der Waals surface area (Å²) in [5.41, 5.74) is 2.57. The van der Waals surface area contributed by atoms with Gasteiger partial charge in [0.2, 0.25) is 5.78 Å². The number of carbonyl (C=O) groups excluding carboxylic acids is 1. The lowest BCUT2D eigenvalue weighted by molar-refractivity contribution is 0.0920. The molecular weight excluding hydrogens is 406 g/mol. The van der Waals surface area contributed by atoms with Crippen molar-refractivity contribution in [3.8, 4) is 5.75 Å². The molecule has 0 bridgehead atoms. The fourth-order valence-electron chi connectivity index (χ4n) is 2.70. The zero-order chi connectivity index (χ0) is 18.0. The first kappa shape index (κ1) is 17.8. The lowest BCUT2D eigenvalue weighted by Gasteiger charge is -2.09. The Hall–Kier alpha value is -1.98. The van der Waals surface area contributed by atoms with Crippen molar-refractivity contribution in [2.75, 3.05) is 6.61 Å². The van der Waals surface area contributed by atoms with Crippen LogP contribution in [0.3, 0.4) is 0 Å². The van der Waals surface area contributed by atoms with E-state index in [0.29, 0.717) is 22.9 Å². The van der Waals surface area contributed by atoms with Crippen molar-refractivity contribution in [2.24, 2.45) is 0 Å². The molecule has 0 N–H and O–H groups in total. The van der Waals surface area contributed by atoms with Crippen molar-refractivity contribution >= 4 is 33.3 Å². The van der Waals surface area contributed by atoms with Crippen LogP contribution in [0.5, 0.6) is 5.75 Å². The van der Waals surface area contributed by atoms with Gasteiger partial charge in [0.05, 0.1) is 17.3 Å². The summed E-state index contributed by atoms with van der Waals surface area (Å²) in [5, 5.41) is 0.604. The van der Waals surface area contributed by atoms with Crippen molar-refractivity contribution in [3.05, 3.63) is 74.9 Å². The van der Waals surface area contributed by atoms with Crippen LogP contribution < -0.4 is 4.74 Å². The second-order valence-corrected chi connectivity index (χ2v) is 7.03. The largest absolute Gasteiger partial charge is 0.484 e. The highest BCUT2D eigenvalue weighted by atomic mass is 79.9. The van der Waals surface area contributed by atoms with Gasteiger partial charge in [-0.05, 0) is 66.2 Å². The van der Waals surface area contributed by atoms with E-state index in [1.165, 1.54) is 0 Å². The molecule has 0 unspecified atom stereocenters. The van der Waals surface area contributed by atoms with E-state index in [0.717, 1.165) is 21.6 Å². The predicted octanol–water partition coefficient (Wildman–Crippen LogP) is 5.42. The second kappa shape index (κ2) is 7.50. The van der Waals surface area contributed by atoms with E-state index in [1.807, 2.05) is 32.0 Å². The topological polar surface area (TPSA) is 44.4 Å². The lowest BCUT2D eigenvalue weighted by atomic mass is 10.1. The van der Waals surface area contributed by atoms with Gasteiger partial charge in [-0.15, -0.1) is 0 Å². The molecule has 0 radical (unpaired) electrons. The Morgan fingerprint density at radius 1 is 1.28 bits per heavy atom. The minimum atomic E-state index is -0.0688. The van der Waals surface area contributed by atoms with Crippen LogP contribution in [-0.4, -0.2) is 17.0 Å². The summed E-state index contributed by atoms with van der Waals surface area (Å²) >= 11 is 9.29. The average molecular weight is 423 g/mol. The molecule has 0 saturated carbocycles. The molecule has 4 nitrogen and oxygen atoms in total. The summed E-state index contributed by atoms with van der Waals surface area (Å²) in [5.74, 6) is 1.37. The van der Waals surface area contributed by atoms with Gasteiger partial charge in [-0.2, -0.15) is 0 Å². The number of Topliss-reactive ketones (excluding diaryl/α,β-unsaturated/α-hetero) is 1. The zero-order valence-corrected chi connectivity index (χ0v) is 16.2. The van der Waals surface area contributed by atoms with Crippen LogP contribution in [0.4, 0.5) is 0 Å². The Morgan fingerprint density at radius 2 is 2.08 bits per heavy atom. The lowest BCUT2D eigenvalue weighted by Crippen LogP contribution is -2.13. The third-order valence-corrected chi connectivity index (χ3v) is 4.88. The standard InChI is InChI=1S/C19H17BrClNO3/c1-12-8-16(13(2)22(12)10-15-4-3-7-24-15)18(23)11-25-19-6-5-14(21)9-17(19)20/h3-9H,10-11H2,1-2H3. The van der Waals surface area contributed by atoms with E-state index in [2.05, 4.69) is 20.5 Å². The van der Waals surface area contributed by atoms with E-state index in [-0.39, 0.29) is 12.4 Å². The van der Waals surface area contributed by atoms with Crippen molar-refractivity contribution in [1.82, 2.24) is 4.57 Å². The number of aromatic nitrogens is 1. The number of ether oxygens (including phenoxy) is 1. The quantitative estimate of drug-likeness (QED) is 0.498. The smallest absolute Gasteiger partial charge is 0.202 e. The fourth-order valence-corrected chi connectivity index (χ4v) is 3.50. The number of carbonyl (C=O) groups is 1. The number of nitrogens with zero attached hydrogens (tertiary/aromatic N) is 1. The number of furan rings is 1. The molecule has 0 saturated heterocycles. The molecule has 0 atom stereocenters. The summed E-state index contributed by atoms with van der Waals surface area (Å²) in [6, 6.07) is 10.9. The molecule has 2 heterocycles. The molecule has 0 fully saturated rings. The summed E-state index contributed by atoms with van der Waals surface area (Å²) < 4.78 is 13.8. The van der Waals surface area contributed by atoms with Gasteiger partial charge in [-0.3, -0.25) is 4.79 Å². The predicted molar refractivity (Wildman–Crippen MR) is 101 cm³/mol. The van der Waals surface area contributed by atoms with Crippen molar-refractivity contribution in [3.63, 3.8) is 0 Å². The Labute approximate surface area is 159 Å². The van der Waals surface area contributed by atoms with Crippen LogP contribution in [-0.2, 0) is 6.54 Å². The van der Waals surface area contributed by atoms with Gasteiger partial charge < -0.3 is 13.7 Å². The highest BCUT2D eigenvalue weighted by Crippen LogP contribution is 2.28. The van der Waals surface area contributed by atoms with E-state index in [9.17, 15) is 4.79 Å². The van der Waals surface area contributed by atoms with E-state index < -0.39 is 0 Å². The van der Waals surface area contributed by atoms with Crippen LogP contribution in [0.25, 0.3) is 0 Å². The molecule has 25 heavy (non-hydrogen) atoms. The SMILES string of the molecule is Cc1cc(C(=O)COc2ccc(Cl)cc2Br)c(C)n1Cc1ccco1. The third kappa shape index (κ3) is 3.99. The first-order valence-electron chi connectivity index (χ1n) is 7.76. The number of benzene rings is 1. The maximum atomic E-state index is 12.6. The van der Waals surface area contributed by atoms with Crippen LogP contribution in [0.15, 0.2) is 51.6 Å². The van der Waals surface area contributed by atoms with Gasteiger partial charge in [-0.25, -0.2) is 0 Å². The molecule has 3 rings (SSSR count). The van der Waals surface area contributed by atoms with Gasteiger partial charge in [0, 0.05) is 22.0 Å². The average Bonchev–Trinajstić information content (AvgIpc) is 3.17. The Balaban J connectivity index is 1.74. The number of ketones is 1. The Morgan fingerprint density at radius 3 is 2.76 bits per heavy atom. The number of aryl methyl sites for hydroxylation is 1. The number of rotatable bonds is 6. The van der Waals surface area contributed by atoms with E-state index in [4.69, 9.17) is 20.8 Å². The number of hydrogen-bond acceptors (Lipinski definition) is 3. The molecule has 0 aliphatic heterocycles. The van der Waals surface area contributed by atoms with E-state index in [1.54, 1.807) is 24.5 Å². The van der Waals surface area contributed by atoms with Crippen molar-refractivity contribution in [1.29, 1.82) is 0 Å². The molecule has 0 aliphatic carbocycles. The van der Waals surface area contributed by atoms with Gasteiger partial charge >= 0.3 is 0 Å². The zero-order valence-electron chi connectivity index (χ0n) is 13.9. The monoisotopic (exact) mass is 421 g/mol. The minimum absolute atomic E-state index is 0.0364. The number of hydrogen-bond donors (Lipinski definition) is 0. The first-order valence-corrected chi connectivity index (χ1v) is 8.93. The third-order valence-electron chi connectivity index (χ3n) is 4.02. The van der Waals surface area contributed by atoms with Gasteiger partial charge in [0.1, 0.15) is 11.5 Å². The summed E-state index contributed by atoms with van der Waals surface area (Å²) in [6.45, 7) is 4.47. The summed E-state index contributed by atoms with van der Waals surface area (Å²) in [7, 11) is 0. The molecular formula is C19H17BrClNO3. The van der Waals surface area contributed by atoms with Gasteiger partial charge in [0.15, 0.2) is 6.61 Å². The summed E-state index contributed by atoms with van der Waals surface area (Å²) in [4.78, 5) is 12.6. The molecule has 0 aliphatic rings. The van der Waals surface area contributed by atoms with Crippen LogP contribution >= 0.6 is 27.5 Å². The van der Waals surface area contributed by atoms with Crippen LogP contribution in [0.2, 0.25) is 5.02 Å². The summed E-state index contributed by atoms with van der Waals surface area (Å²) in [6.07, 6.45) is 1.65. The normalized spacial score (nSPS) is 10.9. The van der Waals surface area contributed by atoms with Crippen LogP contribution in [0.1, 0.15) is 27.5 Å². The highest BCUT2D eigenvalue weighted by Gasteiger charge is 2.17. The molecule has 1 aromatic carbocycles. The molecule has 0 spiro atoms.